The molecule has 0 saturated carbocycles. The predicted molar refractivity (Wildman–Crippen MR) is 165 cm³/mol. The van der Waals surface area contributed by atoms with Crippen LogP contribution in [0.1, 0.15) is 120 Å². The van der Waals surface area contributed by atoms with Crippen molar-refractivity contribution in [3.63, 3.8) is 0 Å². The molecule has 1 saturated heterocycles. The van der Waals surface area contributed by atoms with E-state index in [0.717, 1.165) is 53.4 Å². The lowest BCUT2D eigenvalue weighted by Crippen LogP contribution is -2.66. The molecule has 14 heteroatoms. The second kappa shape index (κ2) is 20.7. The fourth-order valence-electron chi connectivity index (χ4n) is 4.98. The molecule has 0 radical (unpaired) electrons. The summed E-state index contributed by atoms with van der Waals surface area (Å²) < 4.78 is 32.6. The number of alkyl carbamates (subject to hydrolysis) is 1. The van der Waals surface area contributed by atoms with Gasteiger partial charge < -0.3 is 39.1 Å². The smallest absolute Gasteiger partial charge is 0.409 e. The lowest BCUT2D eigenvalue weighted by Gasteiger charge is -2.44. The number of nitrogens with one attached hydrogen (secondary N) is 2. The molecule has 0 spiro atoms. The first-order valence-corrected chi connectivity index (χ1v) is 16.1. The number of hydrogen-bond donors (Lipinski definition) is 2. The Bertz CT molecular complexity index is 1010. The summed E-state index contributed by atoms with van der Waals surface area (Å²) in [6.45, 7) is 11.3. The zero-order valence-electron chi connectivity index (χ0n) is 28.6. The lowest BCUT2D eigenvalue weighted by molar-refractivity contribution is -0.249. The van der Waals surface area contributed by atoms with Crippen molar-refractivity contribution >= 4 is 35.9 Å². The van der Waals surface area contributed by atoms with Gasteiger partial charge in [-0.3, -0.25) is 24.0 Å². The van der Waals surface area contributed by atoms with Crippen molar-refractivity contribution in [1.29, 1.82) is 0 Å². The number of carbonyl (C=O) groups is 6. The van der Waals surface area contributed by atoms with Gasteiger partial charge in [0, 0.05) is 27.7 Å². The summed E-state index contributed by atoms with van der Waals surface area (Å²) in [5.41, 5.74) is -0.795. The second-order valence-corrected chi connectivity index (χ2v) is 12.4. The normalized spacial score (nSPS) is 21.7. The van der Waals surface area contributed by atoms with Gasteiger partial charge in [-0.2, -0.15) is 0 Å². The van der Waals surface area contributed by atoms with Crippen molar-refractivity contribution in [3.8, 4) is 0 Å². The minimum Gasteiger partial charge on any atom is -0.463 e. The van der Waals surface area contributed by atoms with E-state index in [1.54, 1.807) is 20.8 Å². The van der Waals surface area contributed by atoms with Gasteiger partial charge in [0.15, 0.2) is 24.4 Å². The minimum atomic E-state index is -1.62. The summed E-state index contributed by atoms with van der Waals surface area (Å²) in [6.07, 6.45) is 0.971. The summed E-state index contributed by atoms with van der Waals surface area (Å²) in [5, 5.41) is 5.40. The molecule has 264 valence electrons. The molecule has 1 fully saturated rings. The molecule has 0 unspecified atom stereocenters. The van der Waals surface area contributed by atoms with Crippen LogP contribution in [0.15, 0.2) is 0 Å². The first kappa shape index (κ1) is 40.6. The third-order valence-corrected chi connectivity index (χ3v) is 6.85. The Morgan fingerprint density at radius 1 is 0.674 bits per heavy atom. The van der Waals surface area contributed by atoms with Crippen molar-refractivity contribution < 1.29 is 57.2 Å². The van der Waals surface area contributed by atoms with Crippen LogP contribution in [0.3, 0.4) is 0 Å². The molecule has 1 aliphatic heterocycles. The Kier molecular flexibility index (Phi) is 18.2. The van der Waals surface area contributed by atoms with Crippen LogP contribution in [0.4, 0.5) is 4.79 Å². The van der Waals surface area contributed by atoms with E-state index in [-0.39, 0.29) is 0 Å². The molecule has 0 aromatic heterocycles. The predicted octanol–water partition coefficient (Wildman–Crippen LogP) is 4.00. The van der Waals surface area contributed by atoms with Crippen molar-refractivity contribution in [2.45, 2.75) is 162 Å². The van der Waals surface area contributed by atoms with Crippen molar-refractivity contribution in [2.24, 2.45) is 0 Å². The van der Waals surface area contributed by atoms with E-state index in [1.165, 1.54) is 25.7 Å². The molecule has 0 aliphatic carbocycles. The quantitative estimate of drug-likeness (QED) is 0.0936. The van der Waals surface area contributed by atoms with E-state index < -0.39 is 84.8 Å². The van der Waals surface area contributed by atoms with Gasteiger partial charge in [0.1, 0.15) is 24.5 Å². The summed E-state index contributed by atoms with van der Waals surface area (Å²) in [6, 6.07) is 0. The van der Waals surface area contributed by atoms with Gasteiger partial charge >= 0.3 is 30.0 Å². The van der Waals surface area contributed by atoms with E-state index in [4.69, 9.17) is 28.4 Å². The summed E-state index contributed by atoms with van der Waals surface area (Å²) in [7, 11) is 0. The molecule has 0 aromatic carbocycles. The van der Waals surface area contributed by atoms with Crippen LogP contribution in [0.2, 0.25) is 0 Å². The Morgan fingerprint density at radius 3 is 1.67 bits per heavy atom. The molecule has 2 amide bonds. The van der Waals surface area contributed by atoms with Crippen LogP contribution in [0.5, 0.6) is 0 Å². The van der Waals surface area contributed by atoms with Crippen molar-refractivity contribution in [2.75, 3.05) is 6.61 Å². The molecule has 0 bridgehead atoms. The maximum atomic E-state index is 13.8. The zero-order valence-corrected chi connectivity index (χ0v) is 28.6. The zero-order chi connectivity index (χ0) is 34.9. The third kappa shape index (κ3) is 16.8. The highest BCUT2D eigenvalue weighted by Crippen LogP contribution is 2.30. The van der Waals surface area contributed by atoms with Gasteiger partial charge in [-0.15, -0.1) is 0 Å². The number of rotatable bonds is 18. The van der Waals surface area contributed by atoms with Gasteiger partial charge in [-0.05, 0) is 33.6 Å². The van der Waals surface area contributed by atoms with Gasteiger partial charge in [0.2, 0.25) is 0 Å². The maximum absolute atomic E-state index is 13.8. The Morgan fingerprint density at radius 2 is 1.17 bits per heavy atom. The van der Waals surface area contributed by atoms with Crippen LogP contribution >= 0.6 is 0 Å². The third-order valence-electron chi connectivity index (χ3n) is 6.85. The van der Waals surface area contributed by atoms with Gasteiger partial charge in [0.25, 0.3) is 5.91 Å². The van der Waals surface area contributed by atoms with E-state index in [2.05, 4.69) is 17.6 Å². The number of amides is 2. The second-order valence-electron chi connectivity index (χ2n) is 12.4. The fourth-order valence-corrected chi connectivity index (χ4v) is 4.98. The number of unbranched alkanes of at least 4 members (excludes halogenated alkanes) is 8. The van der Waals surface area contributed by atoms with Crippen LogP contribution in [0, 0.1) is 0 Å². The molecule has 1 aliphatic rings. The molecule has 2 N–H and O–H groups in total. The first-order chi connectivity index (χ1) is 21.5. The molecule has 0 aromatic rings. The van der Waals surface area contributed by atoms with Gasteiger partial charge in [-0.25, -0.2) is 4.79 Å². The lowest BCUT2D eigenvalue weighted by atomic mass is 9.93. The maximum Gasteiger partial charge on any atom is 0.409 e. The largest absolute Gasteiger partial charge is 0.463 e. The van der Waals surface area contributed by atoms with Crippen LogP contribution in [-0.2, 0) is 52.4 Å². The highest BCUT2D eigenvalue weighted by Gasteiger charge is 2.54. The van der Waals surface area contributed by atoms with Crippen LogP contribution < -0.4 is 10.6 Å². The molecule has 1 rings (SSSR count). The Balaban J connectivity index is 3.23. The molecule has 1 heterocycles. The Hall–Kier alpha value is -3.42. The van der Waals surface area contributed by atoms with Crippen molar-refractivity contribution in [3.05, 3.63) is 0 Å². The highest BCUT2D eigenvalue weighted by atomic mass is 16.7. The fraction of sp³-hybridized carbons (Fsp3) is 0.812. The van der Waals surface area contributed by atoms with Crippen LogP contribution in [-0.4, -0.2) is 84.8 Å². The number of carbonyl (C=O) groups excluding carboxylic acids is 6. The standard InChI is InChI=1S/C32H54N2O12/c1-9-10-11-12-13-14-15-16-17-18-25(34-31(40)46-32(6,7)8)33-30(39)29-28(44-23(5)38)27(43-22(4)37)26(42-21(3)36)24(45-29)19-41-20(2)35/h24-29H,9-19H2,1-8H3,(H,33,39)(H,34,40)/t24-,25-,26+,27+,28-,29+/m1/s1. The van der Waals surface area contributed by atoms with E-state index in [9.17, 15) is 28.8 Å². The van der Waals surface area contributed by atoms with E-state index in [1.807, 2.05) is 0 Å². The van der Waals surface area contributed by atoms with Crippen LogP contribution in [0.25, 0.3) is 0 Å². The molecular weight excluding hydrogens is 604 g/mol. The molecular formula is C32H54N2O12. The summed E-state index contributed by atoms with van der Waals surface area (Å²) in [4.78, 5) is 74.3. The average Bonchev–Trinajstić information content (AvgIpc) is 2.91. The monoisotopic (exact) mass is 658 g/mol. The number of esters is 4. The van der Waals surface area contributed by atoms with Crippen molar-refractivity contribution in [1.82, 2.24) is 10.6 Å². The van der Waals surface area contributed by atoms with Gasteiger partial charge in [0.05, 0.1) is 0 Å². The average molecular weight is 659 g/mol. The van der Waals surface area contributed by atoms with Gasteiger partial charge in [-0.1, -0.05) is 58.3 Å². The minimum absolute atomic E-state index is 0.353. The molecule has 14 nitrogen and oxygen atoms in total. The molecule has 46 heavy (non-hydrogen) atoms. The topological polar surface area (TPSA) is 182 Å². The number of ether oxygens (including phenoxy) is 6. The Labute approximate surface area is 272 Å². The molecule has 6 atom stereocenters. The first-order valence-electron chi connectivity index (χ1n) is 16.1. The highest BCUT2D eigenvalue weighted by molar-refractivity contribution is 5.83. The van der Waals surface area contributed by atoms with E-state index >= 15 is 0 Å². The SMILES string of the molecule is CCCCCCCCCCC[C@@H](NC(=O)OC(C)(C)C)NC(=O)[C@H]1O[C@H](COC(C)=O)[C@H](OC(C)=O)[C@H](OC(C)=O)[C@H]1OC(C)=O. The summed E-state index contributed by atoms with van der Waals surface area (Å²) in [5.74, 6) is -3.94. The number of hydrogen-bond acceptors (Lipinski definition) is 12. The summed E-state index contributed by atoms with van der Waals surface area (Å²) >= 11 is 0. The van der Waals surface area contributed by atoms with E-state index in [0.29, 0.717) is 12.8 Å².